The van der Waals surface area contributed by atoms with Crippen LogP contribution in [0.15, 0.2) is 0 Å². The van der Waals surface area contributed by atoms with Crippen molar-refractivity contribution in [3.8, 4) is 0 Å². The van der Waals surface area contributed by atoms with E-state index in [2.05, 4.69) is 23.5 Å². The van der Waals surface area contributed by atoms with Crippen molar-refractivity contribution in [2.75, 3.05) is 26.2 Å². The second-order valence-electron chi connectivity index (χ2n) is 5.29. The van der Waals surface area contributed by atoms with Crippen LogP contribution in [0, 0.1) is 0 Å². The fourth-order valence-electron chi connectivity index (χ4n) is 2.37. The highest BCUT2D eigenvalue weighted by Crippen LogP contribution is 2.10. The molecule has 0 spiro atoms. The fraction of sp³-hybridized carbons (Fsp3) is 0.938. The normalized spacial score (nSPS) is 11.0. The molecule has 0 aliphatic carbocycles. The summed E-state index contributed by atoms with van der Waals surface area (Å²) in [6.07, 6.45) is 11.4. The molecule has 0 aromatic rings. The first-order valence-electron chi connectivity index (χ1n) is 8.25. The van der Waals surface area contributed by atoms with Gasteiger partial charge in [-0.15, -0.1) is 0 Å². The van der Waals surface area contributed by atoms with Crippen LogP contribution in [0.1, 0.15) is 71.6 Å². The Hall–Kier alpha value is -0.280. The lowest BCUT2D eigenvalue weighted by molar-refractivity contribution is 0.170. The average molecular weight is 306 g/mol. The Morgan fingerprint density at radius 2 is 1.30 bits per heavy atom. The molecule has 0 aromatic heterocycles. The van der Waals surface area contributed by atoms with Crippen LogP contribution in [0.4, 0.5) is 4.79 Å². The number of unbranched alkanes of at least 4 members (excludes halogenated alkanes) is 8. The summed E-state index contributed by atoms with van der Waals surface area (Å²) in [6.45, 7) is 8.54. The Morgan fingerprint density at radius 3 is 1.75 bits per heavy atom. The minimum Gasteiger partial charge on any atom is -0.454 e. The minimum atomic E-state index is -0.685. The smallest absolute Gasteiger partial charge is 0.403 e. The average Bonchev–Trinajstić information content (AvgIpc) is 2.44. The number of ether oxygens (including phenoxy) is 1. The van der Waals surface area contributed by atoms with Crippen molar-refractivity contribution in [1.82, 2.24) is 4.90 Å². The molecule has 0 saturated carbocycles. The number of carbonyl (C=O) groups is 1. The largest absolute Gasteiger partial charge is 0.454 e. The lowest BCUT2D eigenvalue weighted by atomic mass is 10.1. The fourth-order valence-corrected chi connectivity index (χ4v) is 2.44. The van der Waals surface area contributed by atoms with E-state index in [1.807, 2.05) is 0 Å². The maximum absolute atomic E-state index is 10.3. The first kappa shape index (κ1) is 19.7. The van der Waals surface area contributed by atoms with Gasteiger partial charge in [0.25, 0.3) is 0 Å². The van der Waals surface area contributed by atoms with E-state index in [1.165, 1.54) is 64.6 Å². The summed E-state index contributed by atoms with van der Waals surface area (Å²) in [4.78, 5) is 12.8. The third kappa shape index (κ3) is 14.1. The van der Waals surface area contributed by atoms with Crippen molar-refractivity contribution in [3.05, 3.63) is 0 Å². The molecule has 0 radical (unpaired) electrons. The minimum absolute atomic E-state index is 0.466. The van der Waals surface area contributed by atoms with Crippen LogP contribution in [-0.4, -0.2) is 36.6 Å². The van der Waals surface area contributed by atoms with Crippen molar-refractivity contribution in [3.63, 3.8) is 0 Å². The molecule has 0 atom stereocenters. The first-order valence-corrected chi connectivity index (χ1v) is 8.63. The molecule has 0 fully saturated rings. The van der Waals surface area contributed by atoms with E-state index >= 15 is 0 Å². The summed E-state index contributed by atoms with van der Waals surface area (Å²) in [6, 6.07) is 0. The first-order chi connectivity index (χ1) is 9.70. The van der Waals surface area contributed by atoms with Gasteiger partial charge in [0.1, 0.15) is 0 Å². The summed E-state index contributed by atoms with van der Waals surface area (Å²) in [5.74, 6) is 0. The van der Waals surface area contributed by atoms with Gasteiger partial charge in [0.05, 0.1) is 6.61 Å². The van der Waals surface area contributed by atoms with Crippen LogP contribution in [0.5, 0.6) is 0 Å². The van der Waals surface area contributed by atoms with Crippen molar-refractivity contribution >= 4 is 17.0 Å². The Kier molecular flexibility index (Phi) is 14.9. The molecule has 0 bridgehead atoms. The molecule has 0 rings (SSSR count). The van der Waals surface area contributed by atoms with E-state index < -0.39 is 5.43 Å². The molecule has 0 N–H and O–H groups in total. The molecule has 0 amide bonds. The number of carbonyl (C=O) groups excluding carboxylic acids is 1. The quantitative estimate of drug-likeness (QED) is 0.326. The van der Waals surface area contributed by atoms with Gasteiger partial charge in [0.2, 0.25) is 0 Å². The van der Waals surface area contributed by atoms with Crippen molar-refractivity contribution in [2.24, 2.45) is 0 Å². The summed E-state index contributed by atoms with van der Waals surface area (Å²) in [7, 11) is 0. The molecule has 0 aliphatic heterocycles. The van der Waals surface area contributed by atoms with E-state index in [1.54, 1.807) is 0 Å². The maximum Gasteiger partial charge on any atom is 0.403 e. The molecule has 0 aromatic carbocycles. The number of nitrogens with zero attached hydrogens (tertiary/aromatic N) is 1. The highest BCUT2D eigenvalue weighted by molar-refractivity contribution is 6.61. The molecule has 20 heavy (non-hydrogen) atoms. The van der Waals surface area contributed by atoms with Gasteiger partial charge in [-0.05, 0) is 32.5 Å². The third-order valence-corrected chi connectivity index (χ3v) is 3.84. The summed E-state index contributed by atoms with van der Waals surface area (Å²) < 4.78 is 4.67. The van der Waals surface area contributed by atoms with E-state index in [0.29, 0.717) is 6.61 Å². The summed E-state index contributed by atoms with van der Waals surface area (Å²) in [5.41, 5.74) is -0.685. The monoisotopic (exact) mass is 305 g/mol. The molecule has 0 heterocycles. The van der Waals surface area contributed by atoms with Crippen LogP contribution in [-0.2, 0) is 4.74 Å². The molecule has 120 valence electrons. The predicted molar refractivity (Wildman–Crippen MR) is 86.5 cm³/mol. The standard InChI is InChI=1S/C16H32ClNO2/c1-3-18(4-2)14-12-10-8-6-5-7-9-11-13-15-20-16(17)19/h3-15H2,1-2H3. The van der Waals surface area contributed by atoms with Gasteiger partial charge in [-0.1, -0.05) is 58.8 Å². The molecular formula is C16H32ClNO2. The molecule has 0 unspecified atom stereocenters. The number of hydrogen-bond acceptors (Lipinski definition) is 3. The van der Waals surface area contributed by atoms with E-state index in [-0.39, 0.29) is 0 Å². The number of hydrogen-bond donors (Lipinski definition) is 0. The van der Waals surface area contributed by atoms with Crippen LogP contribution >= 0.6 is 11.6 Å². The van der Waals surface area contributed by atoms with Gasteiger partial charge in [-0.2, -0.15) is 0 Å². The van der Waals surface area contributed by atoms with E-state index in [9.17, 15) is 4.79 Å². The van der Waals surface area contributed by atoms with Gasteiger partial charge in [0.15, 0.2) is 0 Å². The Labute approximate surface area is 130 Å². The Bertz CT molecular complexity index is 221. The summed E-state index contributed by atoms with van der Waals surface area (Å²) in [5, 5.41) is 0. The number of halogens is 1. The summed E-state index contributed by atoms with van der Waals surface area (Å²) >= 11 is 5.07. The Morgan fingerprint density at radius 1 is 0.850 bits per heavy atom. The highest BCUT2D eigenvalue weighted by atomic mass is 35.5. The van der Waals surface area contributed by atoms with Crippen molar-refractivity contribution in [1.29, 1.82) is 0 Å². The molecular weight excluding hydrogens is 274 g/mol. The zero-order chi connectivity index (χ0) is 15.1. The topological polar surface area (TPSA) is 29.5 Å². The van der Waals surface area contributed by atoms with Crippen molar-refractivity contribution < 1.29 is 9.53 Å². The third-order valence-electron chi connectivity index (χ3n) is 3.73. The predicted octanol–water partition coefficient (Wildman–Crippen LogP) is 5.21. The zero-order valence-corrected chi connectivity index (χ0v) is 14.1. The molecule has 3 nitrogen and oxygen atoms in total. The van der Waals surface area contributed by atoms with E-state index in [0.717, 1.165) is 12.8 Å². The van der Waals surface area contributed by atoms with Crippen LogP contribution < -0.4 is 0 Å². The van der Waals surface area contributed by atoms with Crippen LogP contribution in [0.2, 0.25) is 0 Å². The molecule has 0 saturated heterocycles. The lowest BCUT2D eigenvalue weighted by Gasteiger charge is -2.17. The Balaban J connectivity index is 3.08. The molecule has 0 aliphatic rings. The number of rotatable bonds is 14. The van der Waals surface area contributed by atoms with Gasteiger partial charge < -0.3 is 9.64 Å². The van der Waals surface area contributed by atoms with Gasteiger partial charge in [-0.25, -0.2) is 4.79 Å². The lowest BCUT2D eigenvalue weighted by Crippen LogP contribution is -2.23. The SMILES string of the molecule is CCN(CC)CCCCCCCCCCCOC(=O)Cl. The second kappa shape index (κ2) is 15.1. The van der Waals surface area contributed by atoms with Crippen LogP contribution in [0.25, 0.3) is 0 Å². The highest BCUT2D eigenvalue weighted by Gasteiger charge is 1.98. The van der Waals surface area contributed by atoms with Gasteiger partial charge in [-0.3, -0.25) is 0 Å². The van der Waals surface area contributed by atoms with Crippen LogP contribution in [0.3, 0.4) is 0 Å². The van der Waals surface area contributed by atoms with Crippen molar-refractivity contribution in [2.45, 2.75) is 71.6 Å². The second-order valence-corrected chi connectivity index (χ2v) is 5.60. The zero-order valence-electron chi connectivity index (χ0n) is 13.3. The van der Waals surface area contributed by atoms with E-state index in [4.69, 9.17) is 11.6 Å². The maximum atomic E-state index is 10.3. The van der Waals surface area contributed by atoms with Gasteiger partial charge in [0, 0.05) is 11.6 Å². The molecule has 4 heteroatoms. The van der Waals surface area contributed by atoms with Gasteiger partial charge >= 0.3 is 5.43 Å².